The second kappa shape index (κ2) is 4.60. The summed E-state index contributed by atoms with van der Waals surface area (Å²) in [6.45, 7) is 2.98. The van der Waals surface area contributed by atoms with Gasteiger partial charge in [0.15, 0.2) is 0 Å². The summed E-state index contributed by atoms with van der Waals surface area (Å²) in [7, 11) is 0. The van der Waals surface area contributed by atoms with Crippen LogP contribution in [0.3, 0.4) is 0 Å². The van der Waals surface area contributed by atoms with E-state index in [1.54, 1.807) is 0 Å². The van der Waals surface area contributed by atoms with E-state index in [4.69, 9.17) is 5.11 Å². The maximum Gasteiger partial charge on any atom is 0.374 e. The van der Waals surface area contributed by atoms with Crippen LogP contribution in [0.25, 0.3) is 0 Å². The van der Waals surface area contributed by atoms with Crippen LogP contribution in [-0.4, -0.2) is 17.0 Å². The van der Waals surface area contributed by atoms with Gasteiger partial charge in [-0.15, -0.1) is 6.58 Å². The number of aliphatic carboxylic acids is 1. The quantitative estimate of drug-likeness (QED) is 0.599. The van der Waals surface area contributed by atoms with Crippen LogP contribution < -0.4 is 0 Å². The number of carboxylic acids is 1. The molecule has 0 aromatic carbocycles. The average Bonchev–Trinajstić information content (AvgIpc) is 1.65. The van der Waals surface area contributed by atoms with Gasteiger partial charge in [0.1, 0.15) is 0 Å². The number of hydrogen-bond acceptors (Lipinski definition) is 1. The van der Waals surface area contributed by atoms with E-state index in [1.165, 1.54) is 0 Å². The Labute approximate surface area is 72.4 Å². The van der Waals surface area contributed by atoms with E-state index in [-0.39, 0.29) is 22.4 Å². The zero-order valence-electron chi connectivity index (χ0n) is 4.90. The fraction of sp³-hybridized carbons (Fsp3) is 0.400. The average molecular weight is 244 g/mol. The van der Waals surface area contributed by atoms with Crippen LogP contribution in [0.1, 0.15) is 6.42 Å². The fourth-order valence-corrected chi connectivity index (χ4v) is 0.269. The van der Waals surface area contributed by atoms with Crippen molar-refractivity contribution in [2.45, 2.75) is 12.3 Å². The van der Waals surface area contributed by atoms with E-state index in [9.17, 15) is 13.6 Å². The van der Waals surface area contributed by atoms with Gasteiger partial charge in [-0.3, -0.25) is 0 Å². The Bertz CT molecular complexity index is 136. The summed E-state index contributed by atoms with van der Waals surface area (Å²) in [5, 5.41) is 7.77. The first-order chi connectivity index (χ1) is 4.00. The van der Waals surface area contributed by atoms with E-state index < -0.39 is 18.3 Å². The van der Waals surface area contributed by atoms with Crippen LogP contribution in [0.2, 0.25) is 0 Å². The Morgan fingerprint density at radius 3 is 2.20 bits per heavy atom. The first-order valence-corrected chi connectivity index (χ1v) is 2.23. The molecule has 0 saturated carbocycles. The van der Waals surface area contributed by atoms with Crippen LogP contribution in [0, 0.1) is 0 Å². The minimum absolute atomic E-state index is 0. The molecule has 0 saturated heterocycles. The van der Waals surface area contributed by atoms with Crippen molar-refractivity contribution in [3.8, 4) is 0 Å². The Morgan fingerprint density at radius 1 is 1.70 bits per heavy atom. The monoisotopic (exact) mass is 243 g/mol. The summed E-state index contributed by atoms with van der Waals surface area (Å²) < 4.78 is 23.8. The summed E-state index contributed by atoms with van der Waals surface area (Å²) in [6, 6.07) is 0. The predicted octanol–water partition coefficient (Wildman–Crippen LogP) is 1.28. The predicted molar refractivity (Wildman–Crippen MR) is 27.4 cm³/mol. The SMILES string of the molecule is C=CCC(F)(F)C(=O)O.[Ag]. The molecule has 63 valence electrons. The van der Waals surface area contributed by atoms with Crippen LogP contribution in [-0.2, 0) is 27.2 Å². The minimum Gasteiger partial charge on any atom is -0.477 e. The molecule has 0 aliphatic rings. The second-order valence-electron chi connectivity index (χ2n) is 1.50. The number of rotatable bonds is 3. The van der Waals surface area contributed by atoms with Gasteiger partial charge in [0, 0.05) is 28.8 Å². The molecule has 0 aromatic rings. The Hall–Kier alpha value is -0.190. The largest absolute Gasteiger partial charge is 0.477 e. The van der Waals surface area contributed by atoms with Crippen molar-refractivity contribution in [1.82, 2.24) is 0 Å². The molecule has 10 heavy (non-hydrogen) atoms. The fourth-order valence-electron chi connectivity index (χ4n) is 0.269. The maximum absolute atomic E-state index is 11.9. The van der Waals surface area contributed by atoms with Gasteiger partial charge in [0.2, 0.25) is 0 Å². The molecule has 0 rings (SSSR count). The summed E-state index contributed by atoms with van der Waals surface area (Å²) in [6.07, 6.45) is 0.0520. The van der Waals surface area contributed by atoms with Crippen molar-refractivity contribution >= 4 is 5.97 Å². The van der Waals surface area contributed by atoms with Crippen LogP contribution in [0.5, 0.6) is 0 Å². The molecule has 0 amide bonds. The van der Waals surface area contributed by atoms with Crippen molar-refractivity contribution in [3.63, 3.8) is 0 Å². The third kappa shape index (κ3) is 3.76. The second-order valence-corrected chi connectivity index (χ2v) is 1.50. The zero-order chi connectivity index (χ0) is 7.49. The number of alkyl halides is 2. The van der Waals surface area contributed by atoms with Crippen molar-refractivity contribution in [2.75, 3.05) is 0 Å². The van der Waals surface area contributed by atoms with E-state index in [2.05, 4.69) is 6.58 Å². The maximum atomic E-state index is 11.9. The van der Waals surface area contributed by atoms with Crippen LogP contribution in [0.15, 0.2) is 12.7 Å². The molecule has 0 unspecified atom stereocenters. The molecule has 2 nitrogen and oxygen atoms in total. The van der Waals surface area contributed by atoms with Gasteiger partial charge in [-0.1, -0.05) is 6.08 Å². The molecule has 5 heteroatoms. The number of carboxylic acid groups (broad SMARTS) is 1. The summed E-state index contributed by atoms with van der Waals surface area (Å²) in [5.74, 6) is -5.76. The van der Waals surface area contributed by atoms with Gasteiger partial charge in [-0.25, -0.2) is 4.79 Å². The topological polar surface area (TPSA) is 37.3 Å². The van der Waals surface area contributed by atoms with E-state index in [0.717, 1.165) is 6.08 Å². The molecule has 1 N–H and O–H groups in total. The van der Waals surface area contributed by atoms with Crippen molar-refractivity contribution in [1.29, 1.82) is 0 Å². The van der Waals surface area contributed by atoms with E-state index in [0.29, 0.717) is 0 Å². The Morgan fingerprint density at radius 2 is 2.10 bits per heavy atom. The van der Waals surface area contributed by atoms with Gasteiger partial charge in [0.05, 0.1) is 0 Å². The third-order valence-corrected chi connectivity index (χ3v) is 0.714. The number of halogens is 2. The third-order valence-electron chi connectivity index (χ3n) is 0.714. The molecule has 0 aromatic heterocycles. The molecule has 0 heterocycles. The van der Waals surface area contributed by atoms with Crippen LogP contribution >= 0.6 is 0 Å². The zero-order valence-corrected chi connectivity index (χ0v) is 6.39. The van der Waals surface area contributed by atoms with Crippen LogP contribution in [0.4, 0.5) is 8.78 Å². The summed E-state index contributed by atoms with van der Waals surface area (Å²) in [4.78, 5) is 9.61. The molecular formula is C5H6AgF2O2. The number of allylic oxidation sites excluding steroid dienone is 1. The summed E-state index contributed by atoms with van der Waals surface area (Å²) >= 11 is 0. The first-order valence-electron chi connectivity index (χ1n) is 2.23. The van der Waals surface area contributed by atoms with Gasteiger partial charge < -0.3 is 5.11 Å². The first kappa shape index (κ1) is 12.5. The number of carbonyl (C=O) groups is 1. The molecule has 0 atom stereocenters. The minimum atomic E-state index is -3.65. The molecular weight excluding hydrogens is 238 g/mol. The van der Waals surface area contributed by atoms with Crippen molar-refractivity contribution < 1.29 is 41.1 Å². The molecule has 0 aliphatic heterocycles. The molecule has 0 aliphatic carbocycles. The smallest absolute Gasteiger partial charge is 0.374 e. The van der Waals surface area contributed by atoms with E-state index in [1.807, 2.05) is 0 Å². The van der Waals surface area contributed by atoms with Gasteiger partial charge >= 0.3 is 11.9 Å². The normalized spacial score (nSPS) is 9.80. The Kier molecular flexibility index (Phi) is 5.74. The molecule has 0 bridgehead atoms. The van der Waals surface area contributed by atoms with Gasteiger partial charge in [-0.05, 0) is 0 Å². The van der Waals surface area contributed by atoms with E-state index >= 15 is 0 Å². The summed E-state index contributed by atoms with van der Waals surface area (Å²) in [5.41, 5.74) is 0. The standard InChI is InChI=1S/C5H6F2O2.Ag/c1-2-3-5(6,7)4(8)9;/h2H,1,3H2,(H,8,9);. The molecule has 1 radical (unpaired) electrons. The molecule has 0 fully saturated rings. The van der Waals surface area contributed by atoms with Gasteiger partial charge in [0.25, 0.3) is 0 Å². The van der Waals surface area contributed by atoms with Crippen molar-refractivity contribution in [2.24, 2.45) is 0 Å². The number of hydrogen-bond donors (Lipinski definition) is 1. The molecule has 0 spiro atoms. The van der Waals surface area contributed by atoms with Crippen molar-refractivity contribution in [3.05, 3.63) is 12.7 Å². The van der Waals surface area contributed by atoms with Gasteiger partial charge in [-0.2, -0.15) is 8.78 Å². The Balaban J connectivity index is 0.